The molecule has 3 aromatic heterocycles. The monoisotopic (exact) mass is 423 g/mol. The van der Waals surface area contributed by atoms with E-state index >= 15 is 0 Å². The number of ether oxygens (including phenoxy) is 1. The van der Waals surface area contributed by atoms with E-state index < -0.39 is 11.5 Å². The maximum absolute atomic E-state index is 12.9. The minimum absolute atomic E-state index is 0.131. The summed E-state index contributed by atoms with van der Waals surface area (Å²) in [7, 11) is 6.58. The molecular weight excluding hydrogens is 402 g/mol. The molecule has 0 saturated heterocycles. The average molecular weight is 423 g/mol. The van der Waals surface area contributed by atoms with Crippen LogP contribution in [0.15, 0.2) is 46.2 Å². The number of rotatable bonds is 6. The smallest absolute Gasteiger partial charge is 0.297 e. The minimum Gasteiger partial charge on any atom is -0.489 e. The van der Waals surface area contributed by atoms with E-state index in [2.05, 4.69) is 20.6 Å². The number of carbonyl (C=O) groups is 1. The van der Waals surface area contributed by atoms with Gasteiger partial charge in [-0.1, -0.05) is 17.3 Å². The lowest BCUT2D eigenvalue weighted by molar-refractivity contribution is 0.101. The molecule has 11 heteroatoms. The van der Waals surface area contributed by atoms with Crippen LogP contribution in [0.2, 0.25) is 0 Å². The summed E-state index contributed by atoms with van der Waals surface area (Å²) in [6.45, 7) is 0.447. The van der Waals surface area contributed by atoms with Gasteiger partial charge in [-0.25, -0.2) is 4.98 Å². The molecule has 0 fully saturated rings. The van der Waals surface area contributed by atoms with E-state index in [0.717, 1.165) is 16.5 Å². The summed E-state index contributed by atoms with van der Waals surface area (Å²) in [6.07, 6.45) is 4.41. The number of benzene rings is 1. The lowest BCUT2D eigenvalue weighted by Gasteiger charge is -2.22. The Labute approximate surface area is 176 Å². The number of carbonyl (C=O) groups excluding carboxylic acids is 1. The normalized spacial score (nSPS) is 11.0. The fourth-order valence-corrected chi connectivity index (χ4v) is 3.41. The first-order chi connectivity index (χ1) is 14.9. The van der Waals surface area contributed by atoms with Crippen molar-refractivity contribution in [3.05, 3.63) is 58.5 Å². The summed E-state index contributed by atoms with van der Waals surface area (Å²) in [5.41, 5.74) is 1.74. The second kappa shape index (κ2) is 7.94. The van der Waals surface area contributed by atoms with Crippen LogP contribution in [0.1, 0.15) is 16.1 Å². The molecule has 1 amide bonds. The van der Waals surface area contributed by atoms with Crippen LogP contribution in [-0.4, -0.2) is 44.6 Å². The van der Waals surface area contributed by atoms with Crippen molar-refractivity contribution < 1.29 is 14.1 Å². The maximum atomic E-state index is 12.9. The molecule has 31 heavy (non-hydrogen) atoms. The molecule has 160 valence electrons. The topological polar surface area (TPSA) is 120 Å². The van der Waals surface area contributed by atoms with Crippen molar-refractivity contribution in [3.8, 4) is 5.75 Å². The first kappa shape index (κ1) is 20.1. The molecule has 0 spiro atoms. The number of anilines is 2. The molecule has 4 rings (SSSR count). The zero-order chi connectivity index (χ0) is 22.1. The molecule has 4 aromatic rings. The minimum atomic E-state index is -0.609. The number of aromatic nitrogens is 5. The molecule has 0 bridgehead atoms. The number of nitrogens with one attached hydrogen (secondary N) is 1. The number of hydrogen-bond donors (Lipinski definition) is 1. The van der Waals surface area contributed by atoms with Gasteiger partial charge in [0.1, 0.15) is 12.0 Å². The van der Waals surface area contributed by atoms with Crippen LogP contribution in [-0.2, 0) is 20.6 Å². The standard InChI is InChI=1S/C20H21N7O4/c1-25(10-12-6-5-7-15-14(12)9-21-27(15)3)20-24-16(17(30-4)19(29)26(20)2)18(28)23-13-8-22-31-11-13/h5-9,11H,10H2,1-4H3,(H,23,28). The van der Waals surface area contributed by atoms with E-state index in [-0.39, 0.29) is 11.4 Å². The maximum Gasteiger partial charge on any atom is 0.297 e. The summed E-state index contributed by atoms with van der Waals surface area (Å²) < 4.78 is 13.0. The van der Waals surface area contributed by atoms with Gasteiger partial charge in [0.05, 0.1) is 25.0 Å². The average Bonchev–Trinajstić information content (AvgIpc) is 3.40. The van der Waals surface area contributed by atoms with Gasteiger partial charge in [0, 0.05) is 33.1 Å². The zero-order valence-corrected chi connectivity index (χ0v) is 17.5. The summed E-state index contributed by atoms with van der Waals surface area (Å²) in [4.78, 5) is 31.9. The highest BCUT2D eigenvalue weighted by Crippen LogP contribution is 2.22. The molecule has 0 aliphatic heterocycles. The third-order valence-electron chi connectivity index (χ3n) is 4.97. The van der Waals surface area contributed by atoms with Crippen molar-refractivity contribution in [2.75, 3.05) is 24.4 Å². The summed E-state index contributed by atoms with van der Waals surface area (Å²) in [5, 5.41) is 11.4. The Kier molecular flexibility index (Phi) is 5.15. The summed E-state index contributed by atoms with van der Waals surface area (Å²) in [6, 6.07) is 5.92. The predicted molar refractivity (Wildman–Crippen MR) is 113 cm³/mol. The fourth-order valence-electron chi connectivity index (χ4n) is 3.41. The van der Waals surface area contributed by atoms with Crippen LogP contribution in [0.3, 0.4) is 0 Å². The van der Waals surface area contributed by atoms with Gasteiger partial charge < -0.3 is 19.5 Å². The molecule has 0 radical (unpaired) electrons. The van der Waals surface area contributed by atoms with Gasteiger partial charge >= 0.3 is 0 Å². The van der Waals surface area contributed by atoms with Gasteiger partial charge in [0.2, 0.25) is 11.7 Å². The van der Waals surface area contributed by atoms with Crippen LogP contribution >= 0.6 is 0 Å². The van der Waals surface area contributed by atoms with E-state index in [0.29, 0.717) is 18.2 Å². The molecule has 0 unspecified atom stereocenters. The van der Waals surface area contributed by atoms with Crippen molar-refractivity contribution in [2.24, 2.45) is 14.1 Å². The van der Waals surface area contributed by atoms with Gasteiger partial charge in [0.25, 0.3) is 11.5 Å². The van der Waals surface area contributed by atoms with E-state index in [4.69, 9.17) is 9.26 Å². The molecule has 0 aliphatic carbocycles. The van der Waals surface area contributed by atoms with Crippen LogP contribution < -0.4 is 20.5 Å². The highest BCUT2D eigenvalue weighted by Gasteiger charge is 2.23. The molecule has 3 heterocycles. The zero-order valence-electron chi connectivity index (χ0n) is 17.5. The van der Waals surface area contributed by atoms with E-state index in [1.807, 2.05) is 25.2 Å². The van der Waals surface area contributed by atoms with Crippen molar-refractivity contribution in [3.63, 3.8) is 0 Å². The molecule has 11 nitrogen and oxygen atoms in total. The van der Waals surface area contributed by atoms with Gasteiger partial charge in [-0.3, -0.25) is 18.8 Å². The lowest BCUT2D eigenvalue weighted by atomic mass is 10.1. The second-order valence-electron chi connectivity index (χ2n) is 7.00. The van der Waals surface area contributed by atoms with Crippen LogP contribution in [0.5, 0.6) is 5.75 Å². The summed E-state index contributed by atoms with van der Waals surface area (Å²) >= 11 is 0. The molecule has 1 N–H and O–H groups in total. The number of hydrogen-bond acceptors (Lipinski definition) is 8. The predicted octanol–water partition coefficient (Wildman–Crippen LogP) is 1.55. The number of aryl methyl sites for hydroxylation is 1. The molecule has 0 atom stereocenters. The van der Waals surface area contributed by atoms with Gasteiger partial charge in [0.15, 0.2) is 5.69 Å². The third kappa shape index (κ3) is 3.61. The third-order valence-corrected chi connectivity index (χ3v) is 4.97. The highest BCUT2D eigenvalue weighted by atomic mass is 16.5. The Balaban J connectivity index is 1.72. The first-order valence-corrected chi connectivity index (χ1v) is 9.37. The van der Waals surface area contributed by atoms with E-state index in [9.17, 15) is 9.59 Å². The summed E-state index contributed by atoms with van der Waals surface area (Å²) in [5.74, 6) is -0.452. The molecule has 1 aromatic carbocycles. The van der Waals surface area contributed by atoms with Crippen LogP contribution in [0.4, 0.5) is 11.6 Å². The Hall–Kier alpha value is -4.15. The second-order valence-corrected chi connectivity index (χ2v) is 7.00. The number of fused-ring (bicyclic) bond motifs is 1. The first-order valence-electron chi connectivity index (χ1n) is 9.37. The highest BCUT2D eigenvalue weighted by molar-refractivity contribution is 6.04. The van der Waals surface area contributed by atoms with Crippen LogP contribution in [0, 0.1) is 0 Å². The SMILES string of the molecule is COc1c(C(=O)Nc2cnoc2)nc(N(C)Cc2cccc3c2cnn3C)n(C)c1=O. The largest absolute Gasteiger partial charge is 0.489 e. The lowest BCUT2D eigenvalue weighted by Crippen LogP contribution is -2.32. The van der Waals surface area contributed by atoms with E-state index in [1.54, 1.807) is 29.9 Å². The number of methoxy groups -OCH3 is 1. The van der Waals surface area contributed by atoms with Crippen molar-refractivity contribution in [1.29, 1.82) is 0 Å². The Bertz CT molecular complexity index is 1310. The Morgan fingerprint density at radius 2 is 2.10 bits per heavy atom. The Morgan fingerprint density at radius 3 is 2.81 bits per heavy atom. The van der Waals surface area contributed by atoms with Crippen LogP contribution in [0.25, 0.3) is 10.9 Å². The van der Waals surface area contributed by atoms with E-state index in [1.165, 1.54) is 24.1 Å². The van der Waals surface area contributed by atoms with Gasteiger partial charge in [-0.2, -0.15) is 5.10 Å². The Morgan fingerprint density at radius 1 is 1.29 bits per heavy atom. The molecular formula is C20H21N7O4. The fraction of sp³-hybridized carbons (Fsp3) is 0.250. The van der Waals surface area contributed by atoms with Crippen molar-refractivity contribution in [1.82, 2.24) is 24.5 Å². The van der Waals surface area contributed by atoms with Gasteiger partial charge in [-0.05, 0) is 11.6 Å². The van der Waals surface area contributed by atoms with Gasteiger partial charge in [-0.15, -0.1) is 0 Å². The molecule has 0 aliphatic rings. The number of amides is 1. The van der Waals surface area contributed by atoms with Crippen molar-refractivity contribution >= 4 is 28.4 Å². The number of nitrogens with zero attached hydrogens (tertiary/aromatic N) is 6. The van der Waals surface area contributed by atoms with Crippen molar-refractivity contribution in [2.45, 2.75) is 6.54 Å². The molecule has 0 saturated carbocycles. The quantitative estimate of drug-likeness (QED) is 0.496.